The van der Waals surface area contributed by atoms with E-state index in [9.17, 15) is 9.90 Å². The number of aliphatic hydroxyl groups excluding tert-OH is 1. The minimum atomic E-state index is -0.743. The molecule has 1 aromatic carbocycles. The van der Waals surface area contributed by atoms with Crippen LogP contribution >= 0.6 is 11.3 Å². The van der Waals surface area contributed by atoms with Crippen molar-refractivity contribution >= 4 is 27.3 Å². The van der Waals surface area contributed by atoms with Crippen LogP contribution < -0.4 is 5.32 Å². The molecule has 0 unspecified atom stereocenters. The Morgan fingerprint density at radius 1 is 1.38 bits per heavy atom. The number of carbonyl (C=O) groups excluding carboxylic acids is 1. The van der Waals surface area contributed by atoms with Crippen LogP contribution in [-0.4, -0.2) is 28.8 Å². The molecular formula is C18H18N2O3S. The van der Waals surface area contributed by atoms with E-state index in [0.717, 1.165) is 10.9 Å². The van der Waals surface area contributed by atoms with Crippen LogP contribution in [0.1, 0.15) is 28.9 Å². The van der Waals surface area contributed by atoms with Gasteiger partial charge in [0, 0.05) is 17.1 Å². The third kappa shape index (κ3) is 3.97. The van der Waals surface area contributed by atoms with Crippen molar-refractivity contribution < 1.29 is 14.6 Å². The lowest BCUT2D eigenvalue weighted by Gasteiger charge is -2.18. The number of rotatable bonds is 6. The lowest BCUT2D eigenvalue weighted by Crippen LogP contribution is -2.35. The summed E-state index contributed by atoms with van der Waals surface area (Å²) in [7, 11) is 0. The van der Waals surface area contributed by atoms with Gasteiger partial charge in [0.2, 0.25) is 0 Å². The number of amides is 1. The summed E-state index contributed by atoms with van der Waals surface area (Å²) in [5.41, 5.74) is 1.27. The maximum atomic E-state index is 12.0. The highest BCUT2D eigenvalue weighted by Crippen LogP contribution is 2.24. The van der Waals surface area contributed by atoms with Crippen LogP contribution in [-0.2, 0) is 4.74 Å². The van der Waals surface area contributed by atoms with Crippen molar-refractivity contribution in [2.45, 2.75) is 19.3 Å². The zero-order chi connectivity index (χ0) is 16.9. The first-order chi connectivity index (χ1) is 11.6. The minimum Gasteiger partial charge on any atom is -0.386 e. The number of thiophene rings is 1. The Morgan fingerprint density at radius 2 is 2.25 bits per heavy atom. The first-order valence-electron chi connectivity index (χ1n) is 7.61. The number of carbonyl (C=O) groups is 1. The Kier molecular flexibility index (Phi) is 5.20. The standard InChI is InChI=1S/C18H18N2O3S/c1-12(20-18(22)15-3-2-7-19-10-15)23-11-16(21)13-4-5-17-14(9-13)6-8-24-17/h2-10,12,16,21H,11H2,1H3,(H,20,22)/t12-,16-/m1/s1. The van der Waals surface area contributed by atoms with E-state index in [-0.39, 0.29) is 12.5 Å². The summed E-state index contributed by atoms with van der Waals surface area (Å²) in [6, 6.07) is 11.2. The molecular weight excluding hydrogens is 324 g/mol. The predicted molar refractivity (Wildman–Crippen MR) is 93.9 cm³/mol. The number of nitrogens with zero attached hydrogens (tertiary/aromatic N) is 1. The molecule has 0 radical (unpaired) electrons. The fraction of sp³-hybridized carbons (Fsp3) is 0.222. The molecule has 6 heteroatoms. The van der Waals surface area contributed by atoms with Crippen LogP contribution in [0.25, 0.3) is 10.1 Å². The number of hydrogen-bond acceptors (Lipinski definition) is 5. The van der Waals surface area contributed by atoms with Gasteiger partial charge in [-0.3, -0.25) is 9.78 Å². The molecule has 0 fully saturated rings. The average molecular weight is 342 g/mol. The van der Waals surface area contributed by atoms with E-state index in [2.05, 4.69) is 10.3 Å². The van der Waals surface area contributed by atoms with Gasteiger partial charge >= 0.3 is 0 Å². The topological polar surface area (TPSA) is 71.5 Å². The molecule has 0 saturated carbocycles. The van der Waals surface area contributed by atoms with Gasteiger partial charge in [-0.1, -0.05) is 6.07 Å². The first-order valence-corrected chi connectivity index (χ1v) is 8.49. The molecule has 124 valence electrons. The highest BCUT2D eigenvalue weighted by molar-refractivity contribution is 7.17. The normalized spacial score (nSPS) is 13.6. The molecule has 2 N–H and O–H groups in total. The van der Waals surface area contributed by atoms with Gasteiger partial charge in [0.25, 0.3) is 5.91 Å². The van der Waals surface area contributed by atoms with E-state index in [1.807, 2.05) is 29.6 Å². The van der Waals surface area contributed by atoms with Gasteiger partial charge in [0.05, 0.1) is 12.2 Å². The Labute approximate surface area is 143 Å². The Bertz CT molecular complexity index is 819. The highest BCUT2D eigenvalue weighted by atomic mass is 32.1. The molecule has 0 saturated heterocycles. The van der Waals surface area contributed by atoms with Crippen molar-refractivity contribution in [2.75, 3.05) is 6.61 Å². The van der Waals surface area contributed by atoms with Crippen molar-refractivity contribution in [1.29, 1.82) is 0 Å². The van der Waals surface area contributed by atoms with Gasteiger partial charge in [0.15, 0.2) is 0 Å². The van der Waals surface area contributed by atoms with Gasteiger partial charge in [-0.15, -0.1) is 11.3 Å². The van der Waals surface area contributed by atoms with Crippen LogP contribution in [0.5, 0.6) is 0 Å². The number of pyridine rings is 1. The molecule has 1 amide bonds. The fourth-order valence-electron chi connectivity index (χ4n) is 2.33. The van der Waals surface area contributed by atoms with Crippen LogP contribution in [0.2, 0.25) is 0 Å². The molecule has 5 nitrogen and oxygen atoms in total. The van der Waals surface area contributed by atoms with E-state index in [0.29, 0.717) is 5.56 Å². The molecule has 0 aliphatic heterocycles. The van der Waals surface area contributed by atoms with Gasteiger partial charge in [-0.2, -0.15) is 0 Å². The number of nitrogens with one attached hydrogen (secondary N) is 1. The number of fused-ring (bicyclic) bond motifs is 1. The van der Waals surface area contributed by atoms with E-state index in [1.54, 1.807) is 36.6 Å². The molecule has 3 rings (SSSR count). The molecule has 24 heavy (non-hydrogen) atoms. The Morgan fingerprint density at radius 3 is 3.04 bits per heavy atom. The number of benzene rings is 1. The monoisotopic (exact) mass is 342 g/mol. The number of hydrogen-bond donors (Lipinski definition) is 2. The quantitative estimate of drug-likeness (QED) is 0.675. The number of aliphatic hydroxyl groups is 1. The Hall–Kier alpha value is -2.28. The maximum Gasteiger partial charge on any atom is 0.254 e. The molecule has 2 heterocycles. The molecule has 0 spiro atoms. The van der Waals surface area contributed by atoms with Crippen LogP contribution in [0, 0.1) is 0 Å². The van der Waals surface area contributed by atoms with Crippen molar-refractivity contribution in [3.63, 3.8) is 0 Å². The molecule has 0 bridgehead atoms. The largest absolute Gasteiger partial charge is 0.386 e. The summed E-state index contributed by atoms with van der Waals surface area (Å²) in [5, 5.41) is 16.1. The van der Waals surface area contributed by atoms with Crippen LogP contribution in [0.3, 0.4) is 0 Å². The van der Waals surface area contributed by atoms with Crippen molar-refractivity contribution in [3.05, 3.63) is 65.3 Å². The zero-order valence-electron chi connectivity index (χ0n) is 13.2. The molecule has 0 aliphatic rings. The molecule has 3 aromatic rings. The van der Waals surface area contributed by atoms with Crippen LogP contribution in [0.4, 0.5) is 0 Å². The van der Waals surface area contributed by atoms with Crippen molar-refractivity contribution in [3.8, 4) is 0 Å². The second kappa shape index (κ2) is 7.53. The smallest absolute Gasteiger partial charge is 0.254 e. The number of aromatic nitrogens is 1. The van der Waals surface area contributed by atoms with Crippen molar-refractivity contribution in [1.82, 2.24) is 10.3 Å². The first kappa shape index (κ1) is 16.6. The maximum absolute atomic E-state index is 12.0. The van der Waals surface area contributed by atoms with E-state index in [4.69, 9.17) is 4.74 Å². The highest BCUT2D eigenvalue weighted by Gasteiger charge is 2.14. The fourth-order valence-corrected chi connectivity index (χ4v) is 3.10. The van der Waals surface area contributed by atoms with Gasteiger partial charge in [-0.25, -0.2) is 0 Å². The summed E-state index contributed by atoms with van der Waals surface area (Å²) in [4.78, 5) is 15.9. The number of ether oxygens (including phenoxy) is 1. The lowest BCUT2D eigenvalue weighted by atomic mass is 10.1. The van der Waals surface area contributed by atoms with Crippen molar-refractivity contribution in [2.24, 2.45) is 0 Å². The summed E-state index contributed by atoms with van der Waals surface area (Å²) in [6.45, 7) is 1.83. The lowest BCUT2D eigenvalue weighted by molar-refractivity contribution is -0.0141. The second-order valence-corrected chi connectivity index (χ2v) is 6.37. The van der Waals surface area contributed by atoms with Gasteiger partial charge < -0.3 is 15.2 Å². The summed E-state index contributed by atoms with van der Waals surface area (Å²) in [5.74, 6) is -0.259. The molecule has 2 atom stereocenters. The average Bonchev–Trinajstić information content (AvgIpc) is 3.08. The summed E-state index contributed by atoms with van der Waals surface area (Å²) >= 11 is 1.67. The predicted octanol–water partition coefficient (Wildman–Crippen LogP) is 3.12. The van der Waals surface area contributed by atoms with E-state index >= 15 is 0 Å². The molecule has 0 aliphatic carbocycles. The minimum absolute atomic E-state index is 0.101. The SMILES string of the molecule is C[C@H](NC(=O)c1cccnc1)OC[C@@H](O)c1ccc2sccc2c1. The van der Waals surface area contributed by atoms with E-state index in [1.165, 1.54) is 10.9 Å². The Balaban J connectivity index is 1.53. The van der Waals surface area contributed by atoms with E-state index < -0.39 is 12.3 Å². The molecule has 2 aromatic heterocycles. The summed E-state index contributed by atoms with van der Waals surface area (Å²) < 4.78 is 6.73. The van der Waals surface area contributed by atoms with Crippen LogP contribution in [0.15, 0.2) is 54.2 Å². The second-order valence-electron chi connectivity index (χ2n) is 5.42. The summed E-state index contributed by atoms with van der Waals surface area (Å²) in [6.07, 6.45) is 1.84. The van der Waals surface area contributed by atoms with Gasteiger partial charge in [-0.05, 0) is 53.6 Å². The zero-order valence-corrected chi connectivity index (χ0v) is 14.0. The van der Waals surface area contributed by atoms with Gasteiger partial charge in [0.1, 0.15) is 12.3 Å². The third-order valence-electron chi connectivity index (χ3n) is 3.62. The third-order valence-corrected chi connectivity index (χ3v) is 4.52.